The van der Waals surface area contributed by atoms with Crippen LogP contribution in [0.3, 0.4) is 0 Å². The van der Waals surface area contributed by atoms with E-state index in [-0.39, 0.29) is 5.91 Å². The Morgan fingerprint density at radius 2 is 1.87 bits per heavy atom. The molecule has 0 saturated carbocycles. The number of rotatable bonds is 4. The van der Waals surface area contributed by atoms with Crippen LogP contribution in [0.2, 0.25) is 0 Å². The van der Waals surface area contributed by atoms with Gasteiger partial charge in [-0.15, -0.1) is 0 Å². The smallest absolute Gasteiger partial charge is 0.262 e. The lowest BCUT2D eigenvalue weighted by atomic mass is 10.1. The maximum absolute atomic E-state index is 12.8. The highest BCUT2D eigenvalue weighted by molar-refractivity contribution is 9.10. The maximum atomic E-state index is 12.8. The number of benzene rings is 2. The normalized spacial score (nSPS) is 11.3. The highest BCUT2D eigenvalue weighted by Crippen LogP contribution is 2.26. The number of fused-ring (bicyclic) bond motifs is 1. The van der Waals surface area contributed by atoms with Gasteiger partial charge in [-0.3, -0.25) is 9.36 Å². The number of likely N-dealkylation sites (N-methyl/N-ethyl adjacent to an activating group) is 1. The zero-order valence-corrected chi connectivity index (χ0v) is 14.9. The van der Waals surface area contributed by atoms with Crippen LogP contribution in [0.5, 0.6) is 0 Å². The largest absolute Gasteiger partial charge is 0.309 e. The van der Waals surface area contributed by atoms with E-state index in [1.54, 1.807) is 4.57 Å². The molecule has 0 N–H and O–H groups in total. The summed E-state index contributed by atoms with van der Waals surface area (Å²) in [5, 5.41) is 1.13. The molecule has 23 heavy (non-hydrogen) atoms. The molecule has 0 radical (unpaired) electrons. The Morgan fingerprint density at radius 3 is 2.57 bits per heavy atom. The molecule has 1 aromatic heterocycles. The first-order valence-electron chi connectivity index (χ1n) is 7.60. The van der Waals surface area contributed by atoms with Crippen LogP contribution in [-0.2, 0) is 6.42 Å². The van der Waals surface area contributed by atoms with Crippen molar-refractivity contribution >= 4 is 32.7 Å². The van der Waals surface area contributed by atoms with Crippen LogP contribution in [0.1, 0.15) is 15.9 Å². The monoisotopic (exact) mass is 370 g/mol. The second-order valence-corrected chi connectivity index (χ2v) is 6.83. The van der Waals surface area contributed by atoms with E-state index in [1.165, 1.54) is 5.56 Å². The number of hydrogen-bond acceptors (Lipinski definition) is 2. The first kappa shape index (κ1) is 16.0. The summed E-state index contributed by atoms with van der Waals surface area (Å²) in [6.45, 7) is 0.950. The third-order valence-corrected chi connectivity index (χ3v) is 4.41. The fourth-order valence-corrected chi connectivity index (χ4v) is 3.06. The zero-order chi connectivity index (χ0) is 16.4. The highest BCUT2D eigenvalue weighted by atomic mass is 79.9. The summed E-state index contributed by atoms with van der Waals surface area (Å²) in [6.07, 6.45) is 2.89. The molecule has 0 spiro atoms. The molecule has 118 valence electrons. The summed E-state index contributed by atoms with van der Waals surface area (Å²) in [4.78, 5) is 15.0. The molecule has 1 heterocycles. The number of carbonyl (C=O) groups excluding carboxylic acids is 1. The van der Waals surface area contributed by atoms with Gasteiger partial charge in [-0.25, -0.2) is 0 Å². The number of halogens is 1. The molecule has 0 saturated heterocycles. The maximum Gasteiger partial charge on any atom is 0.262 e. The van der Waals surface area contributed by atoms with Crippen LogP contribution in [0.25, 0.3) is 10.9 Å². The Hall–Kier alpha value is -1.91. The summed E-state index contributed by atoms with van der Waals surface area (Å²) < 4.78 is 2.79. The number of carbonyl (C=O) groups is 1. The van der Waals surface area contributed by atoms with Gasteiger partial charge in [0.1, 0.15) is 0 Å². The fraction of sp³-hybridized carbons (Fsp3) is 0.211. The van der Waals surface area contributed by atoms with E-state index < -0.39 is 0 Å². The molecule has 0 amide bonds. The fourth-order valence-electron chi connectivity index (χ4n) is 2.70. The molecule has 0 fully saturated rings. The summed E-state index contributed by atoms with van der Waals surface area (Å²) in [6, 6.07) is 15.5. The molecule has 0 aliphatic rings. The van der Waals surface area contributed by atoms with E-state index in [9.17, 15) is 4.79 Å². The Morgan fingerprint density at radius 1 is 1.13 bits per heavy atom. The minimum Gasteiger partial charge on any atom is -0.309 e. The first-order valence-corrected chi connectivity index (χ1v) is 8.39. The van der Waals surface area contributed by atoms with E-state index in [2.05, 4.69) is 41.0 Å². The number of hydrogen-bond donors (Lipinski definition) is 0. The molecule has 0 aliphatic carbocycles. The van der Waals surface area contributed by atoms with Crippen LogP contribution in [-0.4, -0.2) is 36.0 Å². The standard InChI is InChI=1S/C19H19BrN2O/c1-21(2)11-10-15-13-22(18-9-8-16(20)12-17(15)18)19(23)14-6-4-3-5-7-14/h3-9,12-13H,10-11H2,1-2H3. The van der Waals surface area contributed by atoms with Crippen molar-refractivity contribution < 1.29 is 4.79 Å². The molecule has 3 aromatic rings. The predicted octanol–water partition coefficient (Wildman–Crippen LogP) is 4.20. The van der Waals surface area contributed by atoms with Crippen molar-refractivity contribution in [1.29, 1.82) is 0 Å². The van der Waals surface area contributed by atoms with E-state index in [1.807, 2.05) is 48.7 Å². The molecule has 0 unspecified atom stereocenters. The minimum atomic E-state index is 0.00836. The van der Waals surface area contributed by atoms with E-state index in [4.69, 9.17) is 0 Å². The predicted molar refractivity (Wildman–Crippen MR) is 98.1 cm³/mol. The van der Waals surface area contributed by atoms with Crippen LogP contribution >= 0.6 is 15.9 Å². The lowest BCUT2D eigenvalue weighted by molar-refractivity contribution is 0.0965. The van der Waals surface area contributed by atoms with Crippen LogP contribution < -0.4 is 0 Å². The second-order valence-electron chi connectivity index (χ2n) is 5.91. The number of nitrogens with zero attached hydrogens (tertiary/aromatic N) is 2. The average Bonchev–Trinajstić information content (AvgIpc) is 2.91. The topological polar surface area (TPSA) is 25.2 Å². The molecule has 4 heteroatoms. The van der Waals surface area contributed by atoms with Crippen LogP contribution in [0.4, 0.5) is 0 Å². The van der Waals surface area contributed by atoms with Crippen molar-refractivity contribution in [2.45, 2.75) is 6.42 Å². The van der Waals surface area contributed by atoms with Crippen molar-refractivity contribution in [1.82, 2.24) is 9.47 Å². The number of aromatic nitrogens is 1. The van der Waals surface area contributed by atoms with Crippen molar-refractivity contribution in [3.05, 3.63) is 70.3 Å². The SMILES string of the molecule is CN(C)CCc1cn(C(=O)c2ccccc2)c2ccc(Br)cc12. The van der Waals surface area contributed by atoms with E-state index >= 15 is 0 Å². The van der Waals surface area contributed by atoms with Gasteiger partial charge in [0.25, 0.3) is 5.91 Å². The quantitative estimate of drug-likeness (QED) is 0.687. The molecule has 2 aromatic carbocycles. The molecule has 0 atom stereocenters. The van der Waals surface area contributed by atoms with Gasteiger partial charge in [-0.2, -0.15) is 0 Å². The van der Waals surface area contributed by atoms with Crippen LogP contribution in [0, 0.1) is 0 Å². The van der Waals surface area contributed by atoms with Gasteiger partial charge in [0.05, 0.1) is 5.52 Å². The molecular weight excluding hydrogens is 352 g/mol. The molecule has 3 nitrogen and oxygen atoms in total. The summed E-state index contributed by atoms with van der Waals surface area (Å²) in [5.41, 5.74) is 2.85. The van der Waals surface area contributed by atoms with Gasteiger partial charge in [0.15, 0.2) is 0 Å². The summed E-state index contributed by atoms with van der Waals surface area (Å²) in [5.74, 6) is 0.00836. The van der Waals surface area contributed by atoms with Crippen molar-refractivity contribution in [2.75, 3.05) is 20.6 Å². The van der Waals surface area contributed by atoms with Crippen molar-refractivity contribution in [3.63, 3.8) is 0 Å². The lowest BCUT2D eigenvalue weighted by Gasteiger charge is -2.08. The molecule has 0 aliphatic heterocycles. The first-order chi connectivity index (χ1) is 11.1. The van der Waals surface area contributed by atoms with Gasteiger partial charge in [0.2, 0.25) is 0 Å². The van der Waals surface area contributed by atoms with Crippen LogP contribution in [0.15, 0.2) is 59.2 Å². The van der Waals surface area contributed by atoms with E-state index in [0.29, 0.717) is 5.56 Å². The Kier molecular flexibility index (Phi) is 4.64. The average molecular weight is 371 g/mol. The highest BCUT2D eigenvalue weighted by Gasteiger charge is 2.15. The van der Waals surface area contributed by atoms with Crippen molar-refractivity contribution in [2.24, 2.45) is 0 Å². The molecular formula is C19H19BrN2O. The van der Waals surface area contributed by atoms with Gasteiger partial charge in [-0.05, 0) is 56.4 Å². The van der Waals surface area contributed by atoms with Gasteiger partial charge < -0.3 is 4.90 Å². The van der Waals surface area contributed by atoms with Gasteiger partial charge in [0, 0.05) is 28.2 Å². The second kappa shape index (κ2) is 6.69. The summed E-state index contributed by atoms with van der Waals surface area (Å²) >= 11 is 3.53. The van der Waals surface area contributed by atoms with Crippen molar-refractivity contribution in [3.8, 4) is 0 Å². The zero-order valence-electron chi connectivity index (χ0n) is 13.3. The minimum absolute atomic E-state index is 0.00836. The molecule has 3 rings (SSSR count). The Balaban J connectivity index is 2.08. The van der Waals surface area contributed by atoms with Gasteiger partial charge in [-0.1, -0.05) is 34.1 Å². The Bertz CT molecular complexity index is 837. The third-order valence-electron chi connectivity index (χ3n) is 3.92. The lowest BCUT2D eigenvalue weighted by Crippen LogP contribution is -2.15. The Labute approximate surface area is 144 Å². The summed E-state index contributed by atoms with van der Waals surface area (Å²) in [7, 11) is 4.12. The van der Waals surface area contributed by atoms with Gasteiger partial charge >= 0.3 is 0 Å². The molecule has 0 bridgehead atoms. The third kappa shape index (κ3) is 3.38. The van der Waals surface area contributed by atoms with E-state index in [0.717, 1.165) is 28.3 Å².